The van der Waals surface area contributed by atoms with Crippen molar-refractivity contribution in [1.82, 2.24) is 9.97 Å². The second kappa shape index (κ2) is 6.70. The fraction of sp³-hybridized carbons (Fsp3) is 0.714. The van der Waals surface area contributed by atoms with Crippen molar-refractivity contribution in [2.24, 2.45) is 11.7 Å². The van der Waals surface area contributed by atoms with Gasteiger partial charge in [-0.3, -0.25) is 0 Å². The van der Waals surface area contributed by atoms with Crippen LogP contribution in [0, 0.1) is 5.92 Å². The zero-order valence-corrected chi connectivity index (χ0v) is 11.8. The Labute approximate surface area is 114 Å². The van der Waals surface area contributed by atoms with Gasteiger partial charge >= 0.3 is 0 Å². The Kier molecular flexibility index (Phi) is 4.96. The third-order valence-corrected chi connectivity index (χ3v) is 3.81. The highest BCUT2D eigenvalue weighted by atomic mass is 16.5. The molecule has 0 amide bonds. The molecule has 1 heterocycles. The average Bonchev–Trinajstić information content (AvgIpc) is 2.47. The second-order valence-electron chi connectivity index (χ2n) is 5.15. The van der Waals surface area contributed by atoms with Crippen molar-refractivity contribution < 1.29 is 9.47 Å². The Morgan fingerprint density at radius 2 is 2.00 bits per heavy atom. The Bertz CT molecular complexity index is 406. The molecule has 1 fully saturated rings. The van der Waals surface area contributed by atoms with Crippen molar-refractivity contribution in [2.75, 3.05) is 14.2 Å². The molecular weight excluding hydrogens is 242 g/mol. The lowest BCUT2D eigenvalue weighted by molar-refractivity contribution is 0.308. The van der Waals surface area contributed by atoms with Crippen molar-refractivity contribution in [3.8, 4) is 11.8 Å². The number of ether oxygens (including phenoxy) is 2. The number of nitrogens with zero attached hydrogens (tertiary/aromatic N) is 2. The fourth-order valence-corrected chi connectivity index (χ4v) is 2.76. The SMILES string of the molecule is COc1cnc(C(N)CC2CCCCC2)c(OC)n1. The number of hydrogen-bond donors (Lipinski definition) is 1. The smallest absolute Gasteiger partial charge is 0.240 e. The summed E-state index contributed by atoms with van der Waals surface area (Å²) in [6.07, 6.45) is 9.11. The lowest BCUT2D eigenvalue weighted by atomic mass is 9.84. The standard InChI is InChI=1S/C14H23N3O2/c1-18-12-9-16-13(14(17-12)19-2)11(15)8-10-6-4-3-5-7-10/h9-11H,3-8,15H2,1-2H3. The summed E-state index contributed by atoms with van der Waals surface area (Å²) in [6, 6.07) is -0.114. The van der Waals surface area contributed by atoms with E-state index in [-0.39, 0.29) is 6.04 Å². The van der Waals surface area contributed by atoms with E-state index in [2.05, 4.69) is 9.97 Å². The molecule has 1 aromatic heterocycles. The van der Waals surface area contributed by atoms with Gasteiger partial charge in [-0.05, 0) is 12.3 Å². The van der Waals surface area contributed by atoms with Crippen LogP contribution in [0.25, 0.3) is 0 Å². The Hall–Kier alpha value is -1.36. The molecule has 1 aliphatic carbocycles. The first kappa shape index (κ1) is 14.1. The molecule has 1 aromatic rings. The van der Waals surface area contributed by atoms with Crippen molar-refractivity contribution in [3.05, 3.63) is 11.9 Å². The van der Waals surface area contributed by atoms with E-state index in [4.69, 9.17) is 15.2 Å². The van der Waals surface area contributed by atoms with Crippen LogP contribution < -0.4 is 15.2 Å². The molecule has 0 saturated heterocycles. The first-order valence-electron chi connectivity index (χ1n) is 6.95. The highest BCUT2D eigenvalue weighted by molar-refractivity contribution is 5.25. The van der Waals surface area contributed by atoms with Crippen LogP contribution >= 0.6 is 0 Å². The quantitative estimate of drug-likeness (QED) is 0.885. The number of methoxy groups -OCH3 is 2. The number of nitrogens with two attached hydrogens (primary N) is 1. The summed E-state index contributed by atoms with van der Waals surface area (Å²) in [5.41, 5.74) is 7.00. The maximum atomic E-state index is 6.27. The van der Waals surface area contributed by atoms with Crippen LogP contribution in [0.2, 0.25) is 0 Å². The van der Waals surface area contributed by atoms with Gasteiger partial charge in [0.1, 0.15) is 5.69 Å². The predicted molar refractivity (Wildman–Crippen MR) is 73.3 cm³/mol. The largest absolute Gasteiger partial charge is 0.480 e. The van der Waals surface area contributed by atoms with Crippen LogP contribution in [0.4, 0.5) is 0 Å². The maximum Gasteiger partial charge on any atom is 0.240 e. The van der Waals surface area contributed by atoms with Crippen molar-refractivity contribution >= 4 is 0 Å². The summed E-state index contributed by atoms with van der Waals surface area (Å²) < 4.78 is 10.3. The third-order valence-electron chi connectivity index (χ3n) is 3.81. The van der Waals surface area contributed by atoms with E-state index in [1.165, 1.54) is 32.1 Å². The molecule has 0 spiro atoms. The average molecular weight is 265 g/mol. The first-order valence-corrected chi connectivity index (χ1v) is 6.95. The number of hydrogen-bond acceptors (Lipinski definition) is 5. The monoisotopic (exact) mass is 265 g/mol. The third kappa shape index (κ3) is 3.56. The summed E-state index contributed by atoms with van der Waals surface area (Å²) in [6.45, 7) is 0. The number of rotatable bonds is 5. The van der Waals surface area contributed by atoms with E-state index < -0.39 is 0 Å². The topological polar surface area (TPSA) is 70.3 Å². The van der Waals surface area contributed by atoms with Crippen LogP contribution in [0.5, 0.6) is 11.8 Å². The highest BCUT2D eigenvalue weighted by Crippen LogP contribution is 2.32. The minimum atomic E-state index is -0.114. The van der Waals surface area contributed by atoms with Gasteiger partial charge in [-0.2, -0.15) is 4.98 Å². The van der Waals surface area contributed by atoms with Gasteiger partial charge < -0.3 is 15.2 Å². The maximum absolute atomic E-state index is 6.27. The van der Waals surface area contributed by atoms with Gasteiger partial charge in [0, 0.05) is 0 Å². The van der Waals surface area contributed by atoms with Crippen molar-refractivity contribution in [3.63, 3.8) is 0 Å². The molecule has 0 bridgehead atoms. The summed E-state index contributed by atoms with van der Waals surface area (Å²) in [7, 11) is 3.14. The lowest BCUT2D eigenvalue weighted by Gasteiger charge is -2.24. The summed E-state index contributed by atoms with van der Waals surface area (Å²) in [5.74, 6) is 1.63. The first-order chi connectivity index (χ1) is 9.24. The fourth-order valence-electron chi connectivity index (χ4n) is 2.76. The summed E-state index contributed by atoms with van der Waals surface area (Å²) in [4.78, 5) is 8.59. The van der Waals surface area contributed by atoms with Gasteiger partial charge in [0.25, 0.3) is 0 Å². The molecular formula is C14H23N3O2. The molecule has 19 heavy (non-hydrogen) atoms. The van der Waals surface area contributed by atoms with E-state index in [9.17, 15) is 0 Å². The van der Waals surface area contributed by atoms with Gasteiger partial charge in [-0.15, -0.1) is 0 Å². The van der Waals surface area contributed by atoms with E-state index in [0.717, 1.165) is 12.1 Å². The number of aromatic nitrogens is 2. The zero-order chi connectivity index (χ0) is 13.7. The van der Waals surface area contributed by atoms with Crippen LogP contribution in [-0.2, 0) is 0 Å². The Morgan fingerprint density at radius 1 is 1.26 bits per heavy atom. The summed E-state index contributed by atoms with van der Waals surface area (Å²) >= 11 is 0. The molecule has 1 atom stereocenters. The van der Waals surface area contributed by atoms with Crippen molar-refractivity contribution in [1.29, 1.82) is 0 Å². The molecule has 1 saturated carbocycles. The summed E-state index contributed by atoms with van der Waals surface area (Å²) in [5, 5.41) is 0. The highest BCUT2D eigenvalue weighted by Gasteiger charge is 2.22. The predicted octanol–water partition coefficient (Wildman–Crippen LogP) is 2.46. The van der Waals surface area contributed by atoms with Gasteiger partial charge in [-0.25, -0.2) is 4.98 Å². The molecule has 5 heteroatoms. The molecule has 1 unspecified atom stereocenters. The van der Waals surface area contributed by atoms with E-state index in [1.54, 1.807) is 20.4 Å². The Morgan fingerprint density at radius 3 is 2.63 bits per heavy atom. The molecule has 2 N–H and O–H groups in total. The molecule has 1 aliphatic rings. The van der Waals surface area contributed by atoms with Crippen LogP contribution in [0.15, 0.2) is 6.20 Å². The second-order valence-corrected chi connectivity index (χ2v) is 5.15. The van der Waals surface area contributed by atoms with E-state index in [1.807, 2.05) is 0 Å². The molecule has 2 rings (SSSR count). The minimum absolute atomic E-state index is 0.114. The van der Waals surface area contributed by atoms with Crippen LogP contribution in [0.3, 0.4) is 0 Å². The molecule has 0 aliphatic heterocycles. The van der Waals surface area contributed by atoms with Gasteiger partial charge in [-0.1, -0.05) is 32.1 Å². The van der Waals surface area contributed by atoms with Crippen LogP contribution in [-0.4, -0.2) is 24.2 Å². The van der Waals surface area contributed by atoms with Crippen LogP contribution in [0.1, 0.15) is 50.3 Å². The van der Waals surface area contributed by atoms with E-state index >= 15 is 0 Å². The van der Waals surface area contributed by atoms with Crippen molar-refractivity contribution in [2.45, 2.75) is 44.6 Å². The molecule has 5 nitrogen and oxygen atoms in total. The zero-order valence-electron chi connectivity index (χ0n) is 11.8. The minimum Gasteiger partial charge on any atom is -0.480 e. The van der Waals surface area contributed by atoms with Gasteiger partial charge in [0.05, 0.1) is 26.5 Å². The molecule has 106 valence electrons. The molecule has 0 radical (unpaired) electrons. The Balaban J connectivity index is 2.06. The lowest BCUT2D eigenvalue weighted by Crippen LogP contribution is -2.19. The van der Waals surface area contributed by atoms with Gasteiger partial charge in [0.15, 0.2) is 0 Å². The van der Waals surface area contributed by atoms with Gasteiger partial charge in [0.2, 0.25) is 11.8 Å². The molecule has 0 aromatic carbocycles. The van der Waals surface area contributed by atoms with E-state index in [0.29, 0.717) is 17.7 Å². The normalized spacial score (nSPS) is 18.1.